The molecule has 1 aromatic heterocycles. The van der Waals surface area contributed by atoms with Gasteiger partial charge in [0, 0.05) is 38.3 Å². The molecule has 1 aliphatic carbocycles. The number of nitrogens with zero attached hydrogens (tertiary/aromatic N) is 3. The molecular formula is C32H39N3O7. The number of benzene rings is 1. The maximum absolute atomic E-state index is 14.2. The smallest absolute Gasteiger partial charge is 0.318 e. The lowest BCUT2D eigenvalue weighted by Crippen LogP contribution is -2.51. The van der Waals surface area contributed by atoms with Crippen molar-refractivity contribution in [2.45, 2.75) is 52.0 Å². The predicted octanol–water partition coefficient (Wildman–Crippen LogP) is 4.02. The lowest BCUT2D eigenvalue weighted by atomic mass is 9.69. The molecule has 42 heavy (non-hydrogen) atoms. The van der Waals surface area contributed by atoms with Crippen molar-refractivity contribution in [1.29, 1.82) is 0 Å². The van der Waals surface area contributed by atoms with Gasteiger partial charge in [-0.05, 0) is 56.0 Å². The zero-order valence-corrected chi connectivity index (χ0v) is 24.4. The highest BCUT2D eigenvalue weighted by molar-refractivity contribution is 5.99. The van der Waals surface area contributed by atoms with E-state index in [-0.39, 0.29) is 43.1 Å². The minimum absolute atomic E-state index is 0.0970. The van der Waals surface area contributed by atoms with E-state index in [2.05, 4.69) is 0 Å². The van der Waals surface area contributed by atoms with Crippen molar-refractivity contribution < 1.29 is 33.1 Å². The summed E-state index contributed by atoms with van der Waals surface area (Å²) in [6, 6.07) is 10.8. The molecule has 2 aromatic rings. The number of furan rings is 1. The molecule has 2 aliphatic heterocycles. The zero-order chi connectivity index (χ0) is 29.7. The Hall–Kier alpha value is -4.08. The van der Waals surface area contributed by atoms with Crippen molar-refractivity contribution in [3.05, 3.63) is 65.8 Å². The van der Waals surface area contributed by atoms with Gasteiger partial charge in [-0.1, -0.05) is 31.1 Å². The normalized spacial score (nSPS) is 23.9. The number of allylic oxidation sites excluding steroid dienone is 1. The fraction of sp³-hybridized carbons (Fsp3) is 0.500. The van der Waals surface area contributed by atoms with Gasteiger partial charge in [0.25, 0.3) is 5.91 Å². The summed E-state index contributed by atoms with van der Waals surface area (Å²) in [5, 5.41) is 0. The molecule has 0 bridgehead atoms. The Morgan fingerprint density at radius 1 is 1.00 bits per heavy atom. The third-order valence-corrected chi connectivity index (χ3v) is 8.69. The molecule has 10 nitrogen and oxygen atoms in total. The molecule has 0 saturated carbocycles. The molecule has 224 valence electrons. The Balaban J connectivity index is 1.40. The van der Waals surface area contributed by atoms with Crippen LogP contribution in [0.25, 0.3) is 0 Å². The maximum Gasteiger partial charge on any atom is 0.318 e. The molecule has 1 aromatic carbocycles. The van der Waals surface area contributed by atoms with Gasteiger partial charge >= 0.3 is 5.97 Å². The maximum atomic E-state index is 14.2. The van der Waals surface area contributed by atoms with E-state index >= 15 is 0 Å². The van der Waals surface area contributed by atoms with E-state index in [1.165, 1.54) is 6.26 Å². The number of carbonyl (C=O) groups excluding carboxylic acids is 4. The summed E-state index contributed by atoms with van der Waals surface area (Å²) < 4.78 is 16.2. The summed E-state index contributed by atoms with van der Waals surface area (Å²) in [6.45, 7) is 3.65. The number of fused-ring (bicyclic) bond motifs is 1. The summed E-state index contributed by atoms with van der Waals surface area (Å²) in [5.41, 5.74) is 0.342. The fourth-order valence-electron chi connectivity index (χ4n) is 6.46. The summed E-state index contributed by atoms with van der Waals surface area (Å²) in [5.74, 6) is -0.959. The third kappa shape index (κ3) is 5.67. The average molecular weight is 578 g/mol. The van der Waals surface area contributed by atoms with Crippen LogP contribution < -0.4 is 4.74 Å². The minimum Gasteiger partial charge on any atom is -0.497 e. The Morgan fingerprint density at radius 2 is 1.74 bits per heavy atom. The van der Waals surface area contributed by atoms with E-state index in [1.54, 1.807) is 40.9 Å². The van der Waals surface area contributed by atoms with Crippen LogP contribution in [0.15, 0.2) is 58.9 Å². The van der Waals surface area contributed by atoms with E-state index in [0.29, 0.717) is 44.0 Å². The van der Waals surface area contributed by atoms with Crippen molar-refractivity contribution in [2.24, 2.45) is 11.3 Å². The molecular weight excluding hydrogens is 538 g/mol. The topological polar surface area (TPSA) is 110 Å². The van der Waals surface area contributed by atoms with Crippen LogP contribution in [0.2, 0.25) is 0 Å². The Labute approximate surface area is 246 Å². The lowest BCUT2D eigenvalue weighted by molar-refractivity contribution is -0.158. The number of hydrogen-bond donors (Lipinski definition) is 0. The second-order valence-electron chi connectivity index (χ2n) is 11.1. The molecule has 3 amide bonds. The Kier molecular flexibility index (Phi) is 8.99. The molecule has 5 rings (SSSR count). The number of carbonyl (C=O) groups is 4. The van der Waals surface area contributed by atoms with Crippen molar-refractivity contribution in [2.75, 3.05) is 39.9 Å². The van der Waals surface area contributed by atoms with Gasteiger partial charge in [0.15, 0.2) is 5.76 Å². The van der Waals surface area contributed by atoms with Crippen molar-refractivity contribution in [1.82, 2.24) is 14.7 Å². The van der Waals surface area contributed by atoms with E-state index in [9.17, 15) is 19.2 Å². The van der Waals surface area contributed by atoms with Crippen molar-refractivity contribution >= 4 is 23.7 Å². The molecule has 0 spiro atoms. The SMILES string of the molecule is CCOC(=O)[C@]12CCCCC/C=C\1N(Cc1ccc(OC)cc1)C(=O)[C@H]2CC(=O)N1CCN(C(=O)c2ccco2)CC1. The number of methoxy groups -OCH3 is 1. The minimum atomic E-state index is -1.22. The Morgan fingerprint density at radius 3 is 2.40 bits per heavy atom. The number of amides is 3. The van der Waals surface area contributed by atoms with Crippen LogP contribution in [0.1, 0.15) is 61.6 Å². The van der Waals surface area contributed by atoms with Gasteiger partial charge in [0.05, 0.1) is 32.4 Å². The van der Waals surface area contributed by atoms with Gasteiger partial charge in [-0.15, -0.1) is 0 Å². The average Bonchev–Trinajstić information content (AvgIpc) is 3.60. The van der Waals surface area contributed by atoms with E-state index in [1.807, 2.05) is 30.3 Å². The molecule has 0 N–H and O–H groups in total. The number of hydrogen-bond acceptors (Lipinski definition) is 7. The van der Waals surface area contributed by atoms with Gasteiger partial charge in [0.2, 0.25) is 11.8 Å². The van der Waals surface area contributed by atoms with Crippen molar-refractivity contribution in [3.63, 3.8) is 0 Å². The van der Waals surface area contributed by atoms with E-state index in [4.69, 9.17) is 13.9 Å². The quantitative estimate of drug-likeness (QED) is 0.436. The van der Waals surface area contributed by atoms with E-state index in [0.717, 1.165) is 31.2 Å². The molecule has 2 fully saturated rings. The second-order valence-corrected chi connectivity index (χ2v) is 11.1. The van der Waals surface area contributed by atoms with Crippen molar-refractivity contribution in [3.8, 4) is 5.75 Å². The monoisotopic (exact) mass is 577 g/mol. The van der Waals surface area contributed by atoms with Crippen LogP contribution >= 0.6 is 0 Å². The summed E-state index contributed by atoms with van der Waals surface area (Å²) >= 11 is 0. The lowest BCUT2D eigenvalue weighted by Gasteiger charge is -2.37. The van der Waals surface area contributed by atoms with Gasteiger partial charge in [0.1, 0.15) is 11.2 Å². The zero-order valence-electron chi connectivity index (χ0n) is 24.4. The highest BCUT2D eigenvalue weighted by atomic mass is 16.5. The number of esters is 1. The standard InChI is InChI=1S/C32H39N3O7/c1-3-41-31(39)32-15-7-5-4-6-10-27(32)35(22-23-11-13-24(40-2)14-12-23)29(37)25(32)21-28(36)33-16-18-34(19-17-33)30(38)26-9-8-20-42-26/h8-14,20,25H,3-7,15-19,21-22H2,1-2H3/b27-10+/t25-,32+/m1/s1. The van der Waals surface area contributed by atoms with Gasteiger partial charge in [-0.2, -0.15) is 0 Å². The number of likely N-dealkylation sites (tertiary alicyclic amines) is 1. The third-order valence-electron chi connectivity index (χ3n) is 8.69. The highest BCUT2D eigenvalue weighted by Gasteiger charge is 2.61. The van der Waals surface area contributed by atoms with Crippen LogP contribution in [0.4, 0.5) is 0 Å². The first-order chi connectivity index (χ1) is 20.4. The van der Waals surface area contributed by atoms with Crippen LogP contribution in [-0.2, 0) is 25.7 Å². The molecule has 3 aliphatic rings. The van der Waals surface area contributed by atoms with Crippen LogP contribution in [0.5, 0.6) is 5.75 Å². The molecule has 2 atom stereocenters. The number of piperazine rings is 1. The largest absolute Gasteiger partial charge is 0.497 e. The van der Waals surface area contributed by atoms with Crippen LogP contribution in [0, 0.1) is 11.3 Å². The molecule has 0 radical (unpaired) electrons. The van der Waals surface area contributed by atoms with Crippen LogP contribution in [-0.4, -0.2) is 78.3 Å². The second kappa shape index (κ2) is 12.8. The van der Waals surface area contributed by atoms with Gasteiger partial charge in [-0.25, -0.2) is 0 Å². The fourth-order valence-corrected chi connectivity index (χ4v) is 6.46. The predicted molar refractivity (Wildman–Crippen MR) is 153 cm³/mol. The first kappa shape index (κ1) is 29.4. The summed E-state index contributed by atoms with van der Waals surface area (Å²) in [4.78, 5) is 59.6. The van der Waals surface area contributed by atoms with E-state index < -0.39 is 17.3 Å². The van der Waals surface area contributed by atoms with Gasteiger partial charge in [-0.3, -0.25) is 19.2 Å². The molecule has 2 saturated heterocycles. The summed E-state index contributed by atoms with van der Waals surface area (Å²) in [7, 11) is 1.60. The van der Waals surface area contributed by atoms with Crippen LogP contribution in [0.3, 0.4) is 0 Å². The first-order valence-corrected chi connectivity index (χ1v) is 14.8. The highest BCUT2D eigenvalue weighted by Crippen LogP contribution is 2.53. The summed E-state index contributed by atoms with van der Waals surface area (Å²) in [6.07, 6.45) is 7.24. The first-order valence-electron chi connectivity index (χ1n) is 14.8. The molecule has 3 heterocycles. The number of rotatable bonds is 8. The Bertz CT molecular complexity index is 1310. The van der Waals surface area contributed by atoms with Gasteiger partial charge < -0.3 is 28.6 Å². The number of ether oxygens (including phenoxy) is 2. The molecule has 0 unspecified atom stereocenters. The molecule has 10 heteroatoms.